The fraction of sp³-hybridized carbons (Fsp3) is 0.500. The van der Waals surface area contributed by atoms with Crippen LogP contribution in [0, 0.1) is 0 Å². The van der Waals surface area contributed by atoms with Crippen LogP contribution in [0.15, 0.2) is 24.3 Å². The van der Waals surface area contributed by atoms with Crippen molar-refractivity contribution < 1.29 is 9.59 Å². The minimum atomic E-state index is -0.135. The van der Waals surface area contributed by atoms with Gasteiger partial charge in [-0.2, -0.15) is 0 Å². The van der Waals surface area contributed by atoms with E-state index in [0.29, 0.717) is 26.2 Å². The Labute approximate surface area is 124 Å². The lowest BCUT2D eigenvalue weighted by molar-refractivity contribution is -0.140. The van der Waals surface area contributed by atoms with Gasteiger partial charge in [-0.1, -0.05) is 24.3 Å². The molecule has 2 aliphatic rings. The van der Waals surface area contributed by atoms with Gasteiger partial charge in [-0.3, -0.25) is 9.59 Å². The van der Waals surface area contributed by atoms with Crippen LogP contribution in [-0.4, -0.2) is 53.8 Å². The van der Waals surface area contributed by atoms with Crippen LogP contribution < -0.4 is 5.32 Å². The molecular weight excluding hydrogens is 266 g/mol. The summed E-state index contributed by atoms with van der Waals surface area (Å²) in [5, 5.41) is 3.33. The zero-order valence-corrected chi connectivity index (χ0v) is 12.3. The Bertz CT molecular complexity index is 550. The molecule has 2 heterocycles. The van der Waals surface area contributed by atoms with E-state index in [4.69, 9.17) is 0 Å². The maximum atomic E-state index is 12.6. The first-order valence-corrected chi connectivity index (χ1v) is 7.49. The molecule has 0 aromatic heterocycles. The Morgan fingerprint density at radius 1 is 1.05 bits per heavy atom. The summed E-state index contributed by atoms with van der Waals surface area (Å²) < 4.78 is 0. The summed E-state index contributed by atoms with van der Waals surface area (Å²) >= 11 is 0. The van der Waals surface area contributed by atoms with E-state index in [-0.39, 0.29) is 17.9 Å². The Morgan fingerprint density at radius 2 is 1.67 bits per heavy atom. The van der Waals surface area contributed by atoms with Crippen molar-refractivity contribution in [2.24, 2.45) is 0 Å². The topological polar surface area (TPSA) is 52.7 Å². The van der Waals surface area contributed by atoms with Crippen molar-refractivity contribution in [3.63, 3.8) is 0 Å². The molecule has 2 aliphatic heterocycles. The highest BCUT2D eigenvalue weighted by Gasteiger charge is 2.30. The van der Waals surface area contributed by atoms with E-state index in [1.807, 2.05) is 17.0 Å². The molecule has 5 heteroatoms. The third-order valence-corrected chi connectivity index (χ3v) is 4.42. The standard InChI is InChI=1S/C16H21N3O2/c1-12(20)18-6-8-19(9-7-18)16(21)15-10-13-4-2-3-5-14(13)11-17-15/h2-5,15,17H,6-11H2,1H3/t15-/m1/s1. The van der Waals surface area contributed by atoms with Crippen molar-refractivity contribution in [2.45, 2.75) is 25.9 Å². The number of fused-ring (bicyclic) bond motifs is 1. The highest BCUT2D eigenvalue weighted by Crippen LogP contribution is 2.18. The predicted molar refractivity (Wildman–Crippen MR) is 79.6 cm³/mol. The highest BCUT2D eigenvalue weighted by molar-refractivity contribution is 5.83. The first-order valence-electron chi connectivity index (χ1n) is 7.49. The fourth-order valence-corrected chi connectivity index (χ4v) is 3.09. The molecule has 0 saturated carbocycles. The van der Waals surface area contributed by atoms with Crippen molar-refractivity contribution >= 4 is 11.8 Å². The lowest BCUT2D eigenvalue weighted by Gasteiger charge is -2.37. The van der Waals surface area contributed by atoms with E-state index in [1.54, 1.807) is 11.8 Å². The summed E-state index contributed by atoms with van der Waals surface area (Å²) in [4.78, 5) is 27.6. The summed E-state index contributed by atoms with van der Waals surface area (Å²) in [6, 6.07) is 8.13. The summed E-state index contributed by atoms with van der Waals surface area (Å²) in [5.41, 5.74) is 2.54. The quantitative estimate of drug-likeness (QED) is 0.813. The molecule has 0 aliphatic carbocycles. The molecule has 1 saturated heterocycles. The maximum Gasteiger partial charge on any atom is 0.240 e. The first kappa shape index (κ1) is 14.1. The number of amides is 2. The highest BCUT2D eigenvalue weighted by atomic mass is 16.2. The van der Waals surface area contributed by atoms with Crippen LogP contribution in [0.1, 0.15) is 18.1 Å². The van der Waals surface area contributed by atoms with Crippen molar-refractivity contribution in [1.29, 1.82) is 0 Å². The maximum absolute atomic E-state index is 12.6. The van der Waals surface area contributed by atoms with Gasteiger partial charge in [0.2, 0.25) is 11.8 Å². The average Bonchev–Trinajstić information content (AvgIpc) is 2.54. The van der Waals surface area contributed by atoms with Crippen molar-refractivity contribution in [3.05, 3.63) is 35.4 Å². The third kappa shape index (κ3) is 2.93. The number of nitrogens with zero attached hydrogens (tertiary/aromatic N) is 2. The largest absolute Gasteiger partial charge is 0.339 e. The van der Waals surface area contributed by atoms with Crippen LogP contribution in [0.3, 0.4) is 0 Å². The average molecular weight is 287 g/mol. The number of hydrogen-bond acceptors (Lipinski definition) is 3. The van der Waals surface area contributed by atoms with Crippen LogP contribution in [-0.2, 0) is 22.6 Å². The SMILES string of the molecule is CC(=O)N1CCN(C(=O)[C@H]2Cc3ccccc3CN2)CC1. The molecule has 1 atom stereocenters. The molecule has 1 aromatic rings. The molecule has 3 rings (SSSR count). The Morgan fingerprint density at radius 3 is 2.33 bits per heavy atom. The van der Waals surface area contributed by atoms with Crippen LogP contribution in [0.5, 0.6) is 0 Å². The van der Waals surface area contributed by atoms with Crippen LogP contribution in [0.2, 0.25) is 0 Å². The lowest BCUT2D eigenvalue weighted by atomic mass is 9.95. The number of hydrogen-bond donors (Lipinski definition) is 1. The van der Waals surface area contributed by atoms with Gasteiger partial charge in [0.25, 0.3) is 0 Å². The Kier molecular flexibility index (Phi) is 3.92. The van der Waals surface area contributed by atoms with Gasteiger partial charge in [0.15, 0.2) is 0 Å². The zero-order chi connectivity index (χ0) is 14.8. The predicted octanol–water partition coefficient (Wildman–Crippen LogP) is 0.392. The van der Waals surface area contributed by atoms with Crippen LogP contribution >= 0.6 is 0 Å². The van der Waals surface area contributed by atoms with Gasteiger partial charge in [0.05, 0.1) is 6.04 Å². The minimum Gasteiger partial charge on any atom is -0.339 e. The summed E-state index contributed by atoms with van der Waals surface area (Å²) in [7, 11) is 0. The van der Waals surface area contributed by atoms with Gasteiger partial charge >= 0.3 is 0 Å². The van der Waals surface area contributed by atoms with Gasteiger partial charge in [0.1, 0.15) is 0 Å². The summed E-state index contributed by atoms with van der Waals surface area (Å²) in [6.45, 7) is 4.89. The van der Waals surface area contributed by atoms with E-state index in [2.05, 4.69) is 17.4 Å². The molecule has 0 spiro atoms. The van der Waals surface area contributed by atoms with Crippen LogP contribution in [0.4, 0.5) is 0 Å². The van der Waals surface area contributed by atoms with E-state index < -0.39 is 0 Å². The number of carbonyl (C=O) groups excluding carboxylic acids is 2. The molecule has 2 amide bonds. The van der Waals surface area contributed by atoms with Gasteiger partial charge < -0.3 is 15.1 Å². The van der Waals surface area contributed by atoms with Crippen LogP contribution in [0.25, 0.3) is 0 Å². The molecule has 21 heavy (non-hydrogen) atoms. The van der Waals surface area contributed by atoms with E-state index >= 15 is 0 Å². The van der Waals surface area contributed by atoms with Gasteiger partial charge in [0, 0.05) is 39.6 Å². The smallest absolute Gasteiger partial charge is 0.240 e. The van der Waals surface area contributed by atoms with Crippen molar-refractivity contribution in [1.82, 2.24) is 15.1 Å². The van der Waals surface area contributed by atoms with Crippen molar-refractivity contribution in [3.8, 4) is 0 Å². The van der Waals surface area contributed by atoms with Gasteiger partial charge in [-0.05, 0) is 17.5 Å². The van der Waals surface area contributed by atoms with Gasteiger partial charge in [-0.25, -0.2) is 0 Å². The number of piperazine rings is 1. The number of rotatable bonds is 1. The summed E-state index contributed by atoms with van der Waals surface area (Å²) in [6.07, 6.45) is 0.752. The Balaban J connectivity index is 1.61. The minimum absolute atomic E-state index is 0.0896. The second kappa shape index (κ2) is 5.85. The third-order valence-electron chi connectivity index (χ3n) is 4.42. The molecule has 0 unspecified atom stereocenters. The molecular formula is C16H21N3O2. The molecule has 1 N–H and O–H groups in total. The van der Waals surface area contributed by atoms with E-state index in [0.717, 1.165) is 13.0 Å². The Hall–Kier alpha value is -1.88. The first-order chi connectivity index (χ1) is 10.1. The molecule has 0 radical (unpaired) electrons. The van der Waals surface area contributed by atoms with E-state index in [1.165, 1.54) is 11.1 Å². The molecule has 1 fully saturated rings. The lowest BCUT2D eigenvalue weighted by Crippen LogP contribution is -2.56. The molecule has 5 nitrogen and oxygen atoms in total. The normalized spacial score (nSPS) is 21.9. The number of carbonyl (C=O) groups is 2. The van der Waals surface area contributed by atoms with E-state index in [9.17, 15) is 9.59 Å². The number of nitrogens with one attached hydrogen (secondary N) is 1. The molecule has 112 valence electrons. The molecule has 0 bridgehead atoms. The second-order valence-electron chi connectivity index (χ2n) is 5.74. The van der Waals surface area contributed by atoms with Gasteiger partial charge in [-0.15, -0.1) is 0 Å². The monoisotopic (exact) mass is 287 g/mol. The fourth-order valence-electron chi connectivity index (χ4n) is 3.09. The molecule has 1 aromatic carbocycles. The van der Waals surface area contributed by atoms with Crippen molar-refractivity contribution in [2.75, 3.05) is 26.2 Å². The zero-order valence-electron chi connectivity index (χ0n) is 12.3. The number of benzene rings is 1. The summed E-state index contributed by atoms with van der Waals surface area (Å²) in [5.74, 6) is 0.250. The second-order valence-corrected chi connectivity index (χ2v) is 5.74.